The van der Waals surface area contributed by atoms with Gasteiger partial charge < -0.3 is 5.32 Å². The van der Waals surface area contributed by atoms with Crippen LogP contribution in [0, 0.1) is 5.82 Å². The van der Waals surface area contributed by atoms with Crippen LogP contribution >= 0.6 is 0 Å². The highest BCUT2D eigenvalue weighted by Crippen LogP contribution is 2.35. The average Bonchev–Trinajstić information content (AvgIpc) is 2.16. The number of alkyl halides is 3. The number of benzene rings is 1. The summed E-state index contributed by atoms with van der Waals surface area (Å²) in [7, 11) is 0. The van der Waals surface area contributed by atoms with Gasteiger partial charge >= 0.3 is 6.18 Å². The normalized spacial score (nSPS) is 15.6. The predicted molar refractivity (Wildman–Crippen MR) is 47.4 cm³/mol. The molecule has 0 fully saturated rings. The van der Waals surface area contributed by atoms with Gasteiger partial charge in [0, 0.05) is 6.54 Å². The van der Waals surface area contributed by atoms with Crippen LogP contribution < -0.4 is 5.32 Å². The highest BCUT2D eigenvalue weighted by molar-refractivity contribution is 5.97. The van der Waals surface area contributed by atoms with Crippen molar-refractivity contribution in [1.82, 2.24) is 5.32 Å². The molecule has 0 unspecified atom stereocenters. The Kier molecular flexibility index (Phi) is 2.36. The SMILES string of the molecule is O=C1NCCc2c(C(F)(F)F)ccc(F)c21. The van der Waals surface area contributed by atoms with Gasteiger partial charge in [-0.15, -0.1) is 0 Å². The van der Waals surface area contributed by atoms with Crippen LogP contribution in [-0.2, 0) is 12.6 Å². The van der Waals surface area contributed by atoms with E-state index >= 15 is 0 Å². The Morgan fingerprint density at radius 3 is 2.56 bits per heavy atom. The molecule has 0 saturated heterocycles. The molecule has 0 radical (unpaired) electrons. The summed E-state index contributed by atoms with van der Waals surface area (Å²) >= 11 is 0. The second-order valence-corrected chi connectivity index (χ2v) is 3.45. The van der Waals surface area contributed by atoms with Crippen LogP contribution in [0.5, 0.6) is 0 Å². The van der Waals surface area contributed by atoms with Crippen molar-refractivity contribution < 1.29 is 22.4 Å². The number of fused-ring (bicyclic) bond motifs is 1. The maximum absolute atomic E-state index is 13.3. The molecule has 16 heavy (non-hydrogen) atoms. The Morgan fingerprint density at radius 2 is 1.94 bits per heavy atom. The Balaban J connectivity index is 2.67. The van der Waals surface area contributed by atoms with E-state index in [4.69, 9.17) is 0 Å². The average molecular weight is 233 g/mol. The number of amides is 1. The second kappa shape index (κ2) is 3.47. The summed E-state index contributed by atoms with van der Waals surface area (Å²) in [4.78, 5) is 11.3. The molecule has 0 atom stereocenters. The molecule has 0 aliphatic carbocycles. The van der Waals surface area contributed by atoms with E-state index in [0.29, 0.717) is 12.1 Å². The predicted octanol–water partition coefficient (Wildman–Crippen LogP) is 2.13. The number of rotatable bonds is 0. The summed E-state index contributed by atoms with van der Waals surface area (Å²) in [6.07, 6.45) is -4.57. The third-order valence-electron chi connectivity index (χ3n) is 2.46. The number of hydrogen-bond acceptors (Lipinski definition) is 1. The van der Waals surface area contributed by atoms with Gasteiger partial charge in [-0.2, -0.15) is 13.2 Å². The molecule has 1 aromatic rings. The van der Waals surface area contributed by atoms with Crippen LogP contribution in [0.25, 0.3) is 0 Å². The third kappa shape index (κ3) is 1.64. The van der Waals surface area contributed by atoms with Gasteiger partial charge in [0.1, 0.15) is 5.82 Å². The summed E-state index contributed by atoms with van der Waals surface area (Å²) in [6.45, 7) is 0.0956. The van der Waals surface area contributed by atoms with E-state index in [1.165, 1.54) is 0 Å². The molecule has 1 aliphatic rings. The van der Waals surface area contributed by atoms with Crippen LogP contribution in [-0.4, -0.2) is 12.5 Å². The molecule has 2 nitrogen and oxygen atoms in total. The van der Waals surface area contributed by atoms with E-state index in [-0.39, 0.29) is 18.5 Å². The van der Waals surface area contributed by atoms with Crippen LogP contribution in [0.4, 0.5) is 17.6 Å². The molecule has 0 saturated carbocycles. The Morgan fingerprint density at radius 1 is 1.25 bits per heavy atom. The first-order chi connectivity index (χ1) is 7.41. The first kappa shape index (κ1) is 10.9. The van der Waals surface area contributed by atoms with Gasteiger partial charge in [0.15, 0.2) is 0 Å². The lowest BCUT2D eigenvalue weighted by Crippen LogP contribution is -2.34. The topological polar surface area (TPSA) is 29.1 Å². The van der Waals surface area contributed by atoms with Gasteiger partial charge in [-0.05, 0) is 24.1 Å². The van der Waals surface area contributed by atoms with Gasteiger partial charge in [0.25, 0.3) is 5.91 Å². The molecule has 1 aromatic carbocycles. The zero-order valence-electron chi connectivity index (χ0n) is 7.99. The van der Waals surface area contributed by atoms with Crippen molar-refractivity contribution in [2.45, 2.75) is 12.6 Å². The summed E-state index contributed by atoms with van der Waals surface area (Å²) in [5.74, 6) is -1.70. The molecule has 1 N–H and O–H groups in total. The quantitative estimate of drug-likeness (QED) is 0.683. The van der Waals surface area contributed by atoms with Crippen molar-refractivity contribution in [3.05, 3.63) is 34.6 Å². The molecule has 0 spiro atoms. The van der Waals surface area contributed by atoms with E-state index in [0.717, 1.165) is 0 Å². The first-order valence-corrected chi connectivity index (χ1v) is 4.58. The van der Waals surface area contributed by atoms with Crippen molar-refractivity contribution in [3.63, 3.8) is 0 Å². The fraction of sp³-hybridized carbons (Fsp3) is 0.300. The molecular weight excluding hydrogens is 226 g/mol. The number of carbonyl (C=O) groups is 1. The molecule has 2 rings (SSSR count). The molecule has 1 amide bonds. The van der Waals surface area contributed by atoms with Gasteiger partial charge in [0.2, 0.25) is 0 Å². The van der Waals surface area contributed by atoms with E-state index < -0.39 is 29.0 Å². The lowest BCUT2D eigenvalue weighted by atomic mass is 9.94. The largest absolute Gasteiger partial charge is 0.416 e. The summed E-state index contributed by atoms with van der Waals surface area (Å²) in [5, 5.41) is 2.31. The summed E-state index contributed by atoms with van der Waals surface area (Å²) < 4.78 is 51.0. The Hall–Kier alpha value is -1.59. The van der Waals surface area contributed by atoms with Crippen LogP contribution in [0.3, 0.4) is 0 Å². The first-order valence-electron chi connectivity index (χ1n) is 4.58. The lowest BCUT2D eigenvalue weighted by Gasteiger charge is -2.21. The highest BCUT2D eigenvalue weighted by Gasteiger charge is 2.37. The fourth-order valence-electron chi connectivity index (χ4n) is 1.78. The second-order valence-electron chi connectivity index (χ2n) is 3.45. The summed E-state index contributed by atoms with van der Waals surface area (Å²) in [5.41, 5.74) is -1.67. The molecule has 6 heteroatoms. The van der Waals surface area contributed by atoms with Crippen LogP contribution in [0.15, 0.2) is 12.1 Å². The number of nitrogens with one attached hydrogen (secondary N) is 1. The van der Waals surface area contributed by atoms with Crippen molar-refractivity contribution in [2.75, 3.05) is 6.54 Å². The van der Waals surface area contributed by atoms with E-state index in [1.807, 2.05) is 0 Å². The third-order valence-corrected chi connectivity index (χ3v) is 2.46. The van der Waals surface area contributed by atoms with E-state index in [2.05, 4.69) is 5.32 Å². The van der Waals surface area contributed by atoms with E-state index in [1.54, 1.807) is 0 Å². The van der Waals surface area contributed by atoms with Crippen molar-refractivity contribution >= 4 is 5.91 Å². The number of carbonyl (C=O) groups excluding carboxylic acids is 1. The zero-order chi connectivity index (χ0) is 11.9. The smallest absolute Gasteiger partial charge is 0.352 e. The Bertz CT molecular complexity index is 453. The van der Waals surface area contributed by atoms with Crippen LogP contribution in [0.1, 0.15) is 21.5 Å². The van der Waals surface area contributed by atoms with Gasteiger partial charge in [-0.1, -0.05) is 0 Å². The van der Waals surface area contributed by atoms with Crippen molar-refractivity contribution in [3.8, 4) is 0 Å². The molecular formula is C10H7F4NO. The maximum atomic E-state index is 13.3. The minimum Gasteiger partial charge on any atom is -0.352 e. The minimum absolute atomic E-state index is 0.00627. The molecule has 0 bridgehead atoms. The number of hydrogen-bond donors (Lipinski definition) is 1. The summed E-state index contributed by atoms with van der Waals surface area (Å²) in [6, 6.07) is 1.35. The fourth-order valence-corrected chi connectivity index (χ4v) is 1.78. The van der Waals surface area contributed by atoms with Crippen LogP contribution in [0.2, 0.25) is 0 Å². The van der Waals surface area contributed by atoms with Crippen molar-refractivity contribution in [2.24, 2.45) is 0 Å². The maximum Gasteiger partial charge on any atom is 0.416 e. The zero-order valence-corrected chi connectivity index (χ0v) is 7.99. The lowest BCUT2D eigenvalue weighted by molar-refractivity contribution is -0.138. The molecule has 1 aliphatic heterocycles. The monoisotopic (exact) mass is 233 g/mol. The standard InChI is InChI=1S/C10H7F4NO/c11-7-2-1-6(10(12,13)14)5-3-4-15-9(16)8(5)7/h1-2H,3-4H2,(H,15,16). The Labute approximate surface area is 88.3 Å². The van der Waals surface area contributed by atoms with Gasteiger partial charge in [-0.25, -0.2) is 4.39 Å². The van der Waals surface area contributed by atoms with Crippen molar-refractivity contribution in [1.29, 1.82) is 0 Å². The van der Waals surface area contributed by atoms with Gasteiger partial charge in [0.05, 0.1) is 11.1 Å². The highest BCUT2D eigenvalue weighted by atomic mass is 19.4. The van der Waals surface area contributed by atoms with E-state index in [9.17, 15) is 22.4 Å². The minimum atomic E-state index is -4.56. The number of halogens is 4. The molecule has 1 heterocycles. The molecule has 86 valence electrons. The van der Waals surface area contributed by atoms with Gasteiger partial charge in [-0.3, -0.25) is 4.79 Å². The molecule has 0 aromatic heterocycles.